The van der Waals surface area contributed by atoms with Crippen molar-refractivity contribution in [1.29, 1.82) is 0 Å². The van der Waals surface area contributed by atoms with Crippen molar-refractivity contribution in [2.24, 2.45) is 5.92 Å². The minimum Gasteiger partial charge on any atom is -0.466 e. The minimum atomic E-state index is -0.257. The minimum absolute atomic E-state index is 0.185. The van der Waals surface area contributed by atoms with Crippen LogP contribution < -0.4 is 10.2 Å². The molecule has 0 fully saturated rings. The zero-order valence-electron chi connectivity index (χ0n) is 22.1. The summed E-state index contributed by atoms with van der Waals surface area (Å²) < 4.78 is 5.06. The second-order valence-electron chi connectivity index (χ2n) is 9.78. The monoisotopic (exact) mass is 486 g/mol. The lowest BCUT2D eigenvalue weighted by Gasteiger charge is -2.26. The van der Waals surface area contributed by atoms with E-state index in [4.69, 9.17) is 4.74 Å². The van der Waals surface area contributed by atoms with E-state index in [1.54, 1.807) is 11.8 Å². The summed E-state index contributed by atoms with van der Waals surface area (Å²) >= 11 is 0. The second kappa shape index (κ2) is 12.9. The van der Waals surface area contributed by atoms with E-state index in [0.29, 0.717) is 19.1 Å². The predicted molar refractivity (Wildman–Crippen MR) is 147 cm³/mol. The Labute approximate surface area is 215 Å². The smallest absolute Gasteiger partial charge is 0.326 e. The Morgan fingerprint density at radius 1 is 0.861 bits per heavy atom. The van der Waals surface area contributed by atoms with Crippen LogP contribution in [0.25, 0.3) is 0 Å². The average Bonchev–Trinajstić information content (AvgIpc) is 2.84. The van der Waals surface area contributed by atoms with Crippen molar-refractivity contribution in [2.75, 3.05) is 16.8 Å². The number of urea groups is 1. The van der Waals surface area contributed by atoms with Gasteiger partial charge in [0, 0.05) is 11.4 Å². The van der Waals surface area contributed by atoms with E-state index in [0.717, 1.165) is 40.0 Å². The van der Waals surface area contributed by atoms with Crippen molar-refractivity contribution < 1.29 is 14.3 Å². The van der Waals surface area contributed by atoms with Gasteiger partial charge in [-0.25, -0.2) is 4.79 Å². The number of hydrogen-bond acceptors (Lipinski definition) is 3. The zero-order valence-corrected chi connectivity index (χ0v) is 22.1. The first-order valence-electron chi connectivity index (χ1n) is 12.8. The fourth-order valence-electron chi connectivity index (χ4n) is 4.26. The van der Waals surface area contributed by atoms with Gasteiger partial charge >= 0.3 is 12.0 Å². The van der Waals surface area contributed by atoms with Crippen LogP contribution in [-0.4, -0.2) is 18.6 Å². The van der Waals surface area contributed by atoms with Crippen LogP contribution in [0.1, 0.15) is 62.8 Å². The molecule has 2 amide bonds. The van der Waals surface area contributed by atoms with E-state index in [9.17, 15) is 9.59 Å². The molecule has 1 N–H and O–H groups in total. The number of hydrogen-bond donors (Lipinski definition) is 1. The fraction of sp³-hybridized carbons (Fsp3) is 0.355. The van der Waals surface area contributed by atoms with Gasteiger partial charge in [0.1, 0.15) is 0 Å². The van der Waals surface area contributed by atoms with E-state index in [1.165, 1.54) is 0 Å². The summed E-state index contributed by atoms with van der Waals surface area (Å²) in [4.78, 5) is 27.5. The first-order chi connectivity index (χ1) is 17.3. The summed E-state index contributed by atoms with van der Waals surface area (Å²) in [7, 11) is 0. The summed E-state index contributed by atoms with van der Waals surface area (Å²) in [5, 5.41) is 3.26. The highest BCUT2D eigenvalue weighted by Gasteiger charge is 2.21. The van der Waals surface area contributed by atoms with Crippen molar-refractivity contribution in [3.63, 3.8) is 0 Å². The van der Waals surface area contributed by atoms with Gasteiger partial charge in [-0.05, 0) is 59.6 Å². The molecule has 0 aromatic heterocycles. The number of anilines is 2. The lowest BCUT2D eigenvalue weighted by molar-refractivity contribution is -0.142. The SMILES string of the molecule is CCOC(=O)Cc1ccc(N(Cc2ccccc2)C(=O)Nc2c(CC(C)C)cccc2C(C)C)cc1. The summed E-state index contributed by atoms with van der Waals surface area (Å²) in [6.07, 6.45) is 1.09. The standard InChI is InChI=1S/C31H38N2O3/c1-6-36-29(34)20-24-15-17-27(18-16-24)33(21-25-11-8-7-9-12-25)31(35)32-30-26(19-22(2)3)13-10-14-28(30)23(4)5/h7-18,22-23H,6,19-21H2,1-5H3,(H,32,35). The largest absolute Gasteiger partial charge is 0.466 e. The molecule has 0 heterocycles. The molecule has 0 unspecified atom stereocenters. The Balaban J connectivity index is 1.93. The topological polar surface area (TPSA) is 58.6 Å². The molecule has 0 saturated heterocycles. The Hall–Kier alpha value is -3.60. The molecule has 5 heteroatoms. The Bertz CT molecular complexity index is 1140. The predicted octanol–water partition coefficient (Wildman–Crippen LogP) is 7.35. The number of rotatable bonds is 10. The maximum absolute atomic E-state index is 13.8. The van der Waals surface area contributed by atoms with Gasteiger partial charge in [-0.3, -0.25) is 9.69 Å². The normalized spacial score (nSPS) is 11.0. The van der Waals surface area contributed by atoms with Crippen LogP contribution in [0, 0.1) is 5.92 Å². The molecular weight excluding hydrogens is 448 g/mol. The van der Waals surface area contributed by atoms with Crippen LogP contribution in [0.15, 0.2) is 72.8 Å². The third-order valence-electron chi connectivity index (χ3n) is 6.00. The van der Waals surface area contributed by atoms with Gasteiger partial charge in [-0.2, -0.15) is 0 Å². The first-order valence-corrected chi connectivity index (χ1v) is 12.8. The van der Waals surface area contributed by atoms with Crippen molar-refractivity contribution in [2.45, 2.75) is 59.9 Å². The summed E-state index contributed by atoms with van der Waals surface area (Å²) in [5.74, 6) is 0.486. The number of nitrogens with one attached hydrogen (secondary N) is 1. The van der Waals surface area contributed by atoms with Gasteiger partial charge in [0.25, 0.3) is 0 Å². The summed E-state index contributed by atoms with van der Waals surface area (Å²) in [5.41, 5.74) is 5.82. The van der Waals surface area contributed by atoms with Gasteiger partial charge in [0.05, 0.1) is 19.6 Å². The second-order valence-corrected chi connectivity index (χ2v) is 9.78. The van der Waals surface area contributed by atoms with Crippen molar-refractivity contribution in [1.82, 2.24) is 0 Å². The molecule has 5 nitrogen and oxygen atoms in total. The lowest BCUT2D eigenvalue weighted by atomic mass is 9.93. The van der Waals surface area contributed by atoms with Crippen LogP contribution in [0.3, 0.4) is 0 Å². The molecule has 0 aliphatic heterocycles. The molecule has 3 aromatic rings. The van der Waals surface area contributed by atoms with E-state index >= 15 is 0 Å². The van der Waals surface area contributed by atoms with Gasteiger partial charge in [0.15, 0.2) is 0 Å². The number of esters is 1. The number of ether oxygens (including phenoxy) is 1. The van der Waals surface area contributed by atoms with E-state index in [1.807, 2.05) is 54.6 Å². The third kappa shape index (κ3) is 7.45. The molecule has 0 bridgehead atoms. The van der Waals surface area contributed by atoms with Crippen LogP contribution in [0.2, 0.25) is 0 Å². The van der Waals surface area contributed by atoms with Crippen molar-refractivity contribution in [3.8, 4) is 0 Å². The molecular formula is C31H38N2O3. The van der Waals surface area contributed by atoms with E-state index < -0.39 is 0 Å². The quantitative estimate of drug-likeness (QED) is 0.305. The van der Waals surface area contributed by atoms with Gasteiger partial charge < -0.3 is 10.1 Å². The molecule has 0 aliphatic rings. The molecule has 0 atom stereocenters. The van der Waals surface area contributed by atoms with E-state index in [2.05, 4.69) is 51.2 Å². The highest BCUT2D eigenvalue weighted by Crippen LogP contribution is 2.31. The van der Waals surface area contributed by atoms with E-state index in [-0.39, 0.29) is 24.3 Å². The third-order valence-corrected chi connectivity index (χ3v) is 6.00. The molecule has 0 radical (unpaired) electrons. The van der Waals surface area contributed by atoms with Crippen LogP contribution in [0.4, 0.5) is 16.2 Å². The Kier molecular flexibility index (Phi) is 9.69. The highest BCUT2D eigenvalue weighted by atomic mass is 16.5. The number of carbonyl (C=O) groups excluding carboxylic acids is 2. The number of para-hydroxylation sites is 1. The van der Waals surface area contributed by atoms with Crippen LogP contribution >= 0.6 is 0 Å². The molecule has 36 heavy (non-hydrogen) atoms. The fourth-order valence-corrected chi connectivity index (χ4v) is 4.26. The highest BCUT2D eigenvalue weighted by molar-refractivity contribution is 6.02. The lowest BCUT2D eigenvalue weighted by Crippen LogP contribution is -2.35. The number of nitrogens with zero attached hydrogens (tertiary/aromatic N) is 1. The maximum atomic E-state index is 13.8. The molecule has 0 aliphatic carbocycles. The first kappa shape index (κ1) is 27.0. The zero-order chi connectivity index (χ0) is 26.1. The molecule has 0 spiro atoms. The maximum Gasteiger partial charge on any atom is 0.326 e. The molecule has 0 saturated carbocycles. The number of benzene rings is 3. The Morgan fingerprint density at radius 3 is 2.17 bits per heavy atom. The average molecular weight is 487 g/mol. The Morgan fingerprint density at radius 2 is 1.56 bits per heavy atom. The molecule has 190 valence electrons. The van der Waals surface area contributed by atoms with Crippen LogP contribution in [-0.2, 0) is 28.9 Å². The van der Waals surface area contributed by atoms with Gasteiger partial charge in [-0.1, -0.05) is 88.4 Å². The van der Waals surface area contributed by atoms with Gasteiger partial charge in [-0.15, -0.1) is 0 Å². The molecule has 3 rings (SSSR count). The molecule has 3 aromatic carbocycles. The number of carbonyl (C=O) groups is 2. The summed E-state index contributed by atoms with van der Waals surface area (Å²) in [6, 6.07) is 23.6. The van der Waals surface area contributed by atoms with Crippen LogP contribution in [0.5, 0.6) is 0 Å². The van der Waals surface area contributed by atoms with Crippen molar-refractivity contribution >= 4 is 23.4 Å². The number of amides is 2. The van der Waals surface area contributed by atoms with Crippen molar-refractivity contribution in [3.05, 3.63) is 95.1 Å². The van der Waals surface area contributed by atoms with Gasteiger partial charge in [0.2, 0.25) is 0 Å². The summed E-state index contributed by atoms with van der Waals surface area (Å²) in [6.45, 7) is 11.2.